The van der Waals surface area contributed by atoms with E-state index in [0.29, 0.717) is 11.5 Å². The second kappa shape index (κ2) is 6.76. The zero-order valence-corrected chi connectivity index (χ0v) is 14.3. The monoisotopic (exact) mass is 281 g/mol. The standard InChI is InChI=1S/C17H35N3/c1-17(2)9-8-16(18-3)14(11-17)12-19(4)13-15-7-6-10-20(15)5/h14-16,18H,6-13H2,1-5H3. The van der Waals surface area contributed by atoms with Gasteiger partial charge in [0.15, 0.2) is 0 Å². The lowest BCUT2D eigenvalue weighted by Crippen LogP contribution is -2.47. The second-order valence-corrected chi connectivity index (χ2v) is 8.06. The van der Waals surface area contributed by atoms with Crippen LogP contribution in [0.2, 0.25) is 0 Å². The molecule has 3 atom stereocenters. The highest BCUT2D eigenvalue weighted by Crippen LogP contribution is 2.39. The fourth-order valence-electron chi connectivity index (χ4n) is 4.35. The number of nitrogens with one attached hydrogen (secondary N) is 1. The van der Waals surface area contributed by atoms with Gasteiger partial charge in [0.1, 0.15) is 0 Å². The van der Waals surface area contributed by atoms with Crippen molar-refractivity contribution in [1.82, 2.24) is 15.1 Å². The summed E-state index contributed by atoms with van der Waals surface area (Å²) in [6.07, 6.45) is 6.83. The van der Waals surface area contributed by atoms with Gasteiger partial charge in [-0.25, -0.2) is 0 Å². The molecule has 1 saturated carbocycles. The van der Waals surface area contributed by atoms with Crippen LogP contribution in [-0.2, 0) is 0 Å². The molecule has 0 bridgehead atoms. The van der Waals surface area contributed by atoms with Gasteiger partial charge >= 0.3 is 0 Å². The number of hydrogen-bond acceptors (Lipinski definition) is 3. The van der Waals surface area contributed by atoms with E-state index in [1.165, 1.54) is 51.7 Å². The van der Waals surface area contributed by atoms with E-state index in [-0.39, 0.29) is 0 Å². The molecule has 1 N–H and O–H groups in total. The predicted molar refractivity (Wildman–Crippen MR) is 87.1 cm³/mol. The molecule has 0 amide bonds. The van der Waals surface area contributed by atoms with Gasteiger partial charge in [0.25, 0.3) is 0 Å². The Hall–Kier alpha value is -0.120. The maximum Gasteiger partial charge on any atom is 0.0220 e. The number of likely N-dealkylation sites (N-methyl/N-ethyl adjacent to an activating group) is 2. The lowest BCUT2D eigenvalue weighted by molar-refractivity contribution is 0.103. The molecule has 2 rings (SSSR count). The summed E-state index contributed by atoms with van der Waals surface area (Å²) < 4.78 is 0. The van der Waals surface area contributed by atoms with Crippen molar-refractivity contribution >= 4 is 0 Å². The SMILES string of the molecule is CNC1CCC(C)(C)CC1CN(C)CC1CCCN1C. The van der Waals surface area contributed by atoms with Crippen molar-refractivity contribution in [2.24, 2.45) is 11.3 Å². The third-order valence-corrected chi connectivity index (χ3v) is 5.63. The molecule has 0 aromatic carbocycles. The van der Waals surface area contributed by atoms with Gasteiger partial charge in [0.2, 0.25) is 0 Å². The van der Waals surface area contributed by atoms with Crippen LogP contribution in [0.1, 0.15) is 46.0 Å². The highest BCUT2D eigenvalue weighted by molar-refractivity contribution is 4.90. The van der Waals surface area contributed by atoms with Crippen LogP contribution in [0.3, 0.4) is 0 Å². The van der Waals surface area contributed by atoms with Gasteiger partial charge in [-0.3, -0.25) is 0 Å². The molecule has 20 heavy (non-hydrogen) atoms. The lowest BCUT2D eigenvalue weighted by Gasteiger charge is -2.42. The topological polar surface area (TPSA) is 18.5 Å². The fourth-order valence-corrected chi connectivity index (χ4v) is 4.35. The quantitative estimate of drug-likeness (QED) is 0.835. The first-order valence-electron chi connectivity index (χ1n) is 8.47. The number of hydrogen-bond donors (Lipinski definition) is 1. The first-order chi connectivity index (χ1) is 9.41. The van der Waals surface area contributed by atoms with Crippen LogP contribution in [0.15, 0.2) is 0 Å². The van der Waals surface area contributed by atoms with E-state index in [9.17, 15) is 0 Å². The van der Waals surface area contributed by atoms with Gasteiger partial charge in [-0.05, 0) is 71.1 Å². The minimum Gasteiger partial charge on any atom is -0.317 e. The zero-order valence-electron chi connectivity index (χ0n) is 14.3. The Morgan fingerprint density at radius 2 is 2.00 bits per heavy atom. The molecule has 118 valence electrons. The lowest BCUT2D eigenvalue weighted by atomic mass is 9.69. The van der Waals surface area contributed by atoms with E-state index in [1.54, 1.807) is 0 Å². The van der Waals surface area contributed by atoms with E-state index in [1.807, 2.05) is 0 Å². The van der Waals surface area contributed by atoms with Crippen LogP contribution in [-0.4, -0.2) is 62.7 Å². The molecule has 1 aliphatic heterocycles. The molecule has 3 heteroatoms. The molecular weight excluding hydrogens is 246 g/mol. The van der Waals surface area contributed by atoms with E-state index >= 15 is 0 Å². The van der Waals surface area contributed by atoms with E-state index < -0.39 is 0 Å². The van der Waals surface area contributed by atoms with Crippen molar-refractivity contribution in [2.45, 2.75) is 58.0 Å². The van der Waals surface area contributed by atoms with Crippen molar-refractivity contribution < 1.29 is 0 Å². The molecule has 1 saturated heterocycles. The maximum absolute atomic E-state index is 3.56. The number of likely N-dealkylation sites (tertiary alicyclic amines) is 1. The van der Waals surface area contributed by atoms with Crippen molar-refractivity contribution in [3.05, 3.63) is 0 Å². The average Bonchev–Trinajstić information content (AvgIpc) is 2.74. The summed E-state index contributed by atoms with van der Waals surface area (Å²) in [5.74, 6) is 0.806. The van der Waals surface area contributed by atoms with Gasteiger partial charge in [-0.1, -0.05) is 13.8 Å². The summed E-state index contributed by atoms with van der Waals surface area (Å²) in [5.41, 5.74) is 0.531. The molecule has 0 spiro atoms. The van der Waals surface area contributed by atoms with Crippen molar-refractivity contribution in [3.63, 3.8) is 0 Å². The molecule has 0 radical (unpaired) electrons. The summed E-state index contributed by atoms with van der Waals surface area (Å²) in [7, 11) is 6.74. The van der Waals surface area contributed by atoms with E-state index in [0.717, 1.165) is 12.0 Å². The summed E-state index contributed by atoms with van der Waals surface area (Å²) in [5, 5.41) is 3.56. The Balaban J connectivity index is 1.85. The van der Waals surface area contributed by atoms with Crippen molar-refractivity contribution in [1.29, 1.82) is 0 Å². The first-order valence-corrected chi connectivity index (χ1v) is 8.47. The highest BCUT2D eigenvalue weighted by atomic mass is 15.2. The summed E-state index contributed by atoms with van der Waals surface area (Å²) in [6.45, 7) is 8.66. The van der Waals surface area contributed by atoms with Crippen LogP contribution in [0.4, 0.5) is 0 Å². The molecule has 1 aliphatic carbocycles. The van der Waals surface area contributed by atoms with Crippen LogP contribution in [0, 0.1) is 11.3 Å². The van der Waals surface area contributed by atoms with Crippen LogP contribution in [0.25, 0.3) is 0 Å². The third-order valence-electron chi connectivity index (χ3n) is 5.63. The summed E-state index contributed by atoms with van der Waals surface area (Å²) in [4.78, 5) is 5.12. The fraction of sp³-hybridized carbons (Fsp3) is 1.00. The Kier molecular flexibility index (Phi) is 5.49. The zero-order chi connectivity index (χ0) is 14.8. The Morgan fingerprint density at radius 3 is 2.60 bits per heavy atom. The minimum absolute atomic E-state index is 0.531. The highest BCUT2D eigenvalue weighted by Gasteiger charge is 2.35. The molecule has 2 fully saturated rings. The van der Waals surface area contributed by atoms with Crippen LogP contribution >= 0.6 is 0 Å². The van der Waals surface area contributed by atoms with E-state index in [2.05, 4.69) is 50.1 Å². The molecule has 0 aromatic heterocycles. The first kappa shape index (κ1) is 16.3. The van der Waals surface area contributed by atoms with Gasteiger partial charge in [-0.2, -0.15) is 0 Å². The molecule has 0 aromatic rings. The van der Waals surface area contributed by atoms with Gasteiger partial charge in [0, 0.05) is 25.2 Å². The van der Waals surface area contributed by atoms with Crippen molar-refractivity contribution in [2.75, 3.05) is 40.8 Å². The Morgan fingerprint density at radius 1 is 1.25 bits per heavy atom. The van der Waals surface area contributed by atoms with Gasteiger partial charge in [-0.15, -0.1) is 0 Å². The van der Waals surface area contributed by atoms with E-state index in [4.69, 9.17) is 0 Å². The van der Waals surface area contributed by atoms with Crippen LogP contribution in [0.5, 0.6) is 0 Å². The normalized spacial score (nSPS) is 34.8. The minimum atomic E-state index is 0.531. The molecule has 3 nitrogen and oxygen atoms in total. The van der Waals surface area contributed by atoms with Crippen molar-refractivity contribution in [3.8, 4) is 0 Å². The molecule has 3 unspecified atom stereocenters. The average molecular weight is 281 g/mol. The Labute approximate surface area is 126 Å². The number of rotatable bonds is 5. The summed E-state index contributed by atoms with van der Waals surface area (Å²) >= 11 is 0. The molecule has 1 heterocycles. The van der Waals surface area contributed by atoms with Gasteiger partial charge in [0.05, 0.1) is 0 Å². The largest absolute Gasteiger partial charge is 0.317 e. The van der Waals surface area contributed by atoms with Gasteiger partial charge < -0.3 is 15.1 Å². The molecular formula is C17H35N3. The maximum atomic E-state index is 3.56. The van der Waals surface area contributed by atoms with Crippen LogP contribution < -0.4 is 5.32 Å². The summed E-state index contributed by atoms with van der Waals surface area (Å²) in [6, 6.07) is 1.50. The molecule has 2 aliphatic rings. The number of nitrogens with zero attached hydrogens (tertiary/aromatic N) is 2. The third kappa shape index (κ3) is 4.19. The second-order valence-electron chi connectivity index (χ2n) is 8.06. The smallest absolute Gasteiger partial charge is 0.0220 e. The Bertz CT molecular complexity index is 303. The predicted octanol–water partition coefficient (Wildman–Crippen LogP) is 2.43.